The molecule has 1 saturated heterocycles. The van der Waals surface area contributed by atoms with Crippen LogP contribution in [0.2, 0.25) is 0 Å². The van der Waals surface area contributed by atoms with Crippen molar-refractivity contribution >= 4 is 11.9 Å². The number of carbonyl (C=O) groups is 2. The number of piperidine rings is 1. The number of hydrogen-bond donors (Lipinski definition) is 2. The molecule has 2 unspecified atom stereocenters. The summed E-state index contributed by atoms with van der Waals surface area (Å²) in [5.74, 6) is -0.631. The van der Waals surface area contributed by atoms with Gasteiger partial charge in [0.15, 0.2) is 0 Å². The summed E-state index contributed by atoms with van der Waals surface area (Å²) in [5, 5.41) is 12.2. The van der Waals surface area contributed by atoms with Gasteiger partial charge in [-0.3, -0.25) is 4.79 Å². The van der Waals surface area contributed by atoms with E-state index in [1.165, 1.54) is 4.90 Å². The van der Waals surface area contributed by atoms with Gasteiger partial charge in [0, 0.05) is 20.2 Å². The Kier molecular flexibility index (Phi) is 6.80. The highest BCUT2D eigenvalue weighted by atomic mass is 16.5. The van der Waals surface area contributed by atoms with Crippen LogP contribution in [0.25, 0.3) is 0 Å². The van der Waals surface area contributed by atoms with Crippen molar-refractivity contribution in [3.8, 4) is 0 Å². The third kappa shape index (κ3) is 4.80. The van der Waals surface area contributed by atoms with Gasteiger partial charge in [0.05, 0.1) is 13.2 Å². The highest BCUT2D eigenvalue weighted by Gasteiger charge is 2.35. The topological polar surface area (TPSA) is 78.9 Å². The van der Waals surface area contributed by atoms with Crippen LogP contribution in [0.1, 0.15) is 26.2 Å². The lowest BCUT2D eigenvalue weighted by Gasteiger charge is -2.37. The number of rotatable bonds is 7. The fourth-order valence-corrected chi connectivity index (χ4v) is 2.41. The first kappa shape index (κ1) is 15.9. The van der Waals surface area contributed by atoms with E-state index >= 15 is 0 Å². The molecular weight excluding hydrogens is 248 g/mol. The minimum absolute atomic E-state index is 0.141. The largest absolute Gasteiger partial charge is 0.480 e. The molecule has 6 heteroatoms. The molecule has 110 valence electrons. The van der Waals surface area contributed by atoms with Crippen LogP contribution in [-0.2, 0) is 14.3 Å². The van der Waals surface area contributed by atoms with Crippen molar-refractivity contribution in [2.45, 2.75) is 32.2 Å². The number of hydrogen-bond acceptors (Lipinski definition) is 4. The van der Waals surface area contributed by atoms with E-state index < -0.39 is 12.0 Å². The third-order valence-corrected chi connectivity index (χ3v) is 3.65. The van der Waals surface area contributed by atoms with Gasteiger partial charge in [-0.15, -0.1) is 0 Å². The maximum absolute atomic E-state index is 12.0. The van der Waals surface area contributed by atoms with Crippen molar-refractivity contribution in [2.75, 3.05) is 33.4 Å². The van der Waals surface area contributed by atoms with Crippen LogP contribution in [0.3, 0.4) is 0 Å². The van der Waals surface area contributed by atoms with Crippen molar-refractivity contribution < 1.29 is 19.4 Å². The second kappa shape index (κ2) is 8.12. The van der Waals surface area contributed by atoms with Crippen LogP contribution in [0.15, 0.2) is 0 Å². The molecule has 19 heavy (non-hydrogen) atoms. The summed E-state index contributed by atoms with van der Waals surface area (Å²) in [4.78, 5) is 24.8. The molecule has 0 aliphatic carbocycles. The molecule has 0 radical (unpaired) electrons. The molecule has 2 N–H and O–H groups in total. The summed E-state index contributed by atoms with van der Waals surface area (Å²) in [7, 11) is 1.60. The zero-order valence-corrected chi connectivity index (χ0v) is 11.7. The molecule has 1 aliphatic rings. The van der Waals surface area contributed by atoms with Gasteiger partial charge in [-0.2, -0.15) is 0 Å². The van der Waals surface area contributed by atoms with Gasteiger partial charge in [0.1, 0.15) is 6.04 Å². The highest BCUT2D eigenvalue weighted by Crippen LogP contribution is 2.25. The smallest absolute Gasteiger partial charge is 0.326 e. The number of carboxylic acid groups (broad SMARTS) is 1. The molecule has 2 atom stereocenters. The second-order valence-electron chi connectivity index (χ2n) is 4.91. The summed E-state index contributed by atoms with van der Waals surface area (Å²) in [5.41, 5.74) is 0. The van der Waals surface area contributed by atoms with Crippen LogP contribution in [0, 0.1) is 5.92 Å². The Morgan fingerprint density at radius 1 is 1.47 bits per heavy atom. The van der Waals surface area contributed by atoms with Gasteiger partial charge in [-0.05, 0) is 18.8 Å². The summed E-state index contributed by atoms with van der Waals surface area (Å²) in [6.07, 6.45) is 2.43. The van der Waals surface area contributed by atoms with E-state index in [0.29, 0.717) is 32.0 Å². The number of carbonyl (C=O) groups excluding carboxylic acids is 1. The average Bonchev–Trinajstić information content (AvgIpc) is 2.42. The SMILES string of the molecule is CCC1CCN(C(=O)CNCCOC)C(C(=O)O)C1. The first-order chi connectivity index (χ1) is 9.10. The van der Waals surface area contributed by atoms with E-state index in [9.17, 15) is 14.7 Å². The quantitative estimate of drug-likeness (QED) is 0.653. The summed E-state index contributed by atoms with van der Waals surface area (Å²) in [6.45, 7) is 3.90. The minimum Gasteiger partial charge on any atom is -0.480 e. The molecule has 0 spiro atoms. The third-order valence-electron chi connectivity index (χ3n) is 3.65. The Bertz CT molecular complexity index is 309. The maximum atomic E-state index is 12.0. The highest BCUT2D eigenvalue weighted by molar-refractivity contribution is 5.85. The van der Waals surface area contributed by atoms with Gasteiger partial charge in [0.25, 0.3) is 0 Å². The molecule has 1 fully saturated rings. The number of nitrogens with one attached hydrogen (secondary N) is 1. The molecule has 0 aromatic carbocycles. The predicted molar refractivity (Wildman–Crippen MR) is 70.9 cm³/mol. The number of amides is 1. The molecule has 0 aromatic rings. The van der Waals surface area contributed by atoms with Crippen LogP contribution in [0.4, 0.5) is 0 Å². The fraction of sp³-hybridized carbons (Fsp3) is 0.846. The van der Waals surface area contributed by atoms with Crippen molar-refractivity contribution in [3.63, 3.8) is 0 Å². The molecule has 1 aliphatic heterocycles. The molecule has 1 rings (SSSR count). The molecule has 6 nitrogen and oxygen atoms in total. The van der Waals surface area contributed by atoms with Gasteiger partial charge >= 0.3 is 5.97 Å². The van der Waals surface area contributed by atoms with E-state index in [-0.39, 0.29) is 12.5 Å². The summed E-state index contributed by atoms with van der Waals surface area (Å²) in [6, 6.07) is -0.671. The number of methoxy groups -OCH3 is 1. The van der Waals surface area contributed by atoms with E-state index in [1.54, 1.807) is 7.11 Å². The van der Waals surface area contributed by atoms with Crippen LogP contribution in [0.5, 0.6) is 0 Å². The first-order valence-corrected chi connectivity index (χ1v) is 6.82. The summed E-state index contributed by atoms with van der Waals surface area (Å²) < 4.78 is 4.88. The standard InChI is InChI=1S/C13H24N2O4/c1-3-10-4-6-15(11(8-10)13(17)18)12(16)9-14-5-7-19-2/h10-11,14H,3-9H2,1-2H3,(H,17,18). The molecular formula is C13H24N2O4. The Hall–Kier alpha value is -1.14. The van der Waals surface area contributed by atoms with E-state index in [1.807, 2.05) is 0 Å². The first-order valence-electron chi connectivity index (χ1n) is 6.82. The Labute approximate surface area is 114 Å². The van der Waals surface area contributed by atoms with Gasteiger partial charge in [-0.25, -0.2) is 4.79 Å². The lowest BCUT2D eigenvalue weighted by molar-refractivity contribution is -0.152. The average molecular weight is 272 g/mol. The van der Waals surface area contributed by atoms with Crippen LogP contribution < -0.4 is 5.32 Å². The monoisotopic (exact) mass is 272 g/mol. The minimum atomic E-state index is -0.900. The normalized spacial score (nSPS) is 23.4. The predicted octanol–water partition coefficient (Wildman–Crippen LogP) is 0.324. The van der Waals surface area contributed by atoms with Crippen molar-refractivity contribution in [2.24, 2.45) is 5.92 Å². The van der Waals surface area contributed by atoms with E-state index in [0.717, 1.165) is 12.8 Å². The summed E-state index contributed by atoms with van der Waals surface area (Å²) >= 11 is 0. The zero-order chi connectivity index (χ0) is 14.3. The number of aliphatic carboxylic acids is 1. The Balaban J connectivity index is 2.49. The van der Waals surface area contributed by atoms with Gasteiger partial charge in [0.2, 0.25) is 5.91 Å². The van der Waals surface area contributed by atoms with E-state index in [2.05, 4.69) is 12.2 Å². The van der Waals surface area contributed by atoms with Gasteiger partial charge in [-0.1, -0.05) is 13.3 Å². The molecule has 0 aromatic heterocycles. The number of likely N-dealkylation sites (tertiary alicyclic amines) is 1. The van der Waals surface area contributed by atoms with Crippen molar-refractivity contribution in [1.29, 1.82) is 0 Å². The number of nitrogens with zero attached hydrogens (tertiary/aromatic N) is 1. The van der Waals surface area contributed by atoms with Crippen molar-refractivity contribution in [3.05, 3.63) is 0 Å². The maximum Gasteiger partial charge on any atom is 0.326 e. The zero-order valence-electron chi connectivity index (χ0n) is 11.7. The fourth-order valence-electron chi connectivity index (χ4n) is 2.41. The molecule has 1 amide bonds. The lowest BCUT2D eigenvalue weighted by Crippen LogP contribution is -2.52. The molecule has 0 saturated carbocycles. The van der Waals surface area contributed by atoms with Crippen molar-refractivity contribution in [1.82, 2.24) is 10.2 Å². The van der Waals surface area contributed by atoms with E-state index in [4.69, 9.17) is 4.74 Å². The molecule has 0 bridgehead atoms. The lowest BCUT2D eigenvalue weighted by atomic mass is 9.89. The van der Waals surface area contributed by atoms with Crippen LogP contribution >= 0.6 is 0 Å². The Morgan fingerprint density at radius 3 is 2.79 bits per heavy atom. The van der Waals surface area contributed by atoms with Gasteiger partial charge < -0.3 is 20.1 Å². The van der Waals surface area contributed by atoms with Crippen LogP contribution in [-0.4, -0.2) is 61.3 Å². The number of ether oxygens (including phenoxy) is 1. The number of carboxylic acids is 1. The second-order valence-corrected chi connectivity index (χ2v) is 4.91. The Morgan fingerprint density at radius 2 is 2.21 bits per heavy atom. The molecule has 1 heterocycles.